The minimum Gasteiger partial charge on any atom is -0.497 e. The summed E-state index contributed by atoms with van der Waals surface area (Å²) in [5, 5.41) is 9.67. The summed E-state index contributed by atoms with van der Waals surface area (Å²) < 4.78 is 34.2. The first kappa shape index (κ1) is 16.0. The van der Waals surface area contributed by atoms with Gasteiger partial charge in [0.25, 0.3) is 0 Å². The lowest BCUT2D eigenvalue weighted by atomic mass is 10.1. The minimum absolute atomic E-state index is 0.148. The Balaban J connectivity index is 2.01. The number of aliphatic hydroxyl groups excluding tert-OH is 1. The number of nitrogens with zero attached hydrogens (tertiary/aromatic N) is 3. The fourth-order valence-corrected chi connectivity index (χ4v) is 4.45. The van der Waals surface area contributed by atoms with Crippen LogP contribution in [0.25, 0.3) is 0 Å². The van der Waals surface area contributed by atoms with E-state index in [1.807, 2.05) is 11.6 Å². The van der Waals surface area contributed by atoms with E-state index in [1.54, 1.807) is 18.5 Å². The van der Waals surface area contributed by atoms with Crippen molar-refractivity contribution in [2.45, 2.75) is 23.9 Å². The number of sulfonamides is 1. The highest BCUT2D eigenvalue weighted by Crippen LogP contribution is 2.29. The fourth-order valence-electron chi connectivity index (χ4n) is 2.83. The van der Waals surface area contributed by atoms with Gasteiger partial charge in [-0.2, -0.15) is 4.31 Å². The summed E-state index contributed by atoms with van der Waals surface area (Å²) in [6.07, 6.45) is 2.10. The number of aromatic nitrogens is 2. The molecule has 0 saturated carbocycles. The number of methoxy groups -OCH3 is 1. The molecule has 1 aliphatic rings. The van der Waals surface area contributed by atoms with Crippen LogP contribution in [0.5, 0.6) is 5.75 Å². The zero-order valence-electron chi connectivity index (χ0n) is 13.0. The van der Waals surface area contributed by atoms with Gasteiger partial charge in [0.05, 0.1) is 43.2 Å². The van der Waals surface area contributed by atoms with Crippen molar-refractivity contribution in [3.63, 3.8) is 0 Å². The Morgan fingerprint density at radius 1 is 1.43 bits per heavy atom. The zero-order chi connectivity index (χ0) is 16.6. The van der Waals surface area contributed by atoms with Gasteiger partial charge in [-0.3, -0.25) is 0 Å². The number of rotatable bonds is 4. The Kier molecular flexibility index (Phi) is 4.13. The molecule has 1 N–H and O–H groups in total. The Bertz CT molecular complexity index is 816. The predicted octanol–water partition coefficient (Wildman–Crippen LogP) is 0.537. The van der Waals surface area contributed by atoms with Crippen LogP contribution in [-0.2, 0) is 30.0 Å². The van der Waals surface area contributed by atoms with Crippen molar-refractivity contribution in [2.75, 3.05) is 13.7 Å². The van der Waals surface area contributed by atoms with Crippen LogP contribution in [0.2, 0.25) is 0 Å². The molecule has 2 aromatic rings. The van der Waals surface area contributed by atoms with E-state index in [9.17, 15) is 13.5 Å². The van der Waals surface area contributed by atoms with Crippen molar-refractivity contribution in [1.82, 2.24) is 13.9 Å². The normalized spacial score (nSPS) is 18.7. The lowest BCUT2D eigenvalue weighted by Gasteiger charge is -2.33. The molecule has 1 atom stereocenters. The van der Waals surface area contributed by atoms with Crippen LogP contribution in [0.3, 0.4) is 0 Å². The van der Waals surface area contributed by atoms with E-state index < -0.39 is 16.1 Å². The van der Waals surface area contributed by atoms with Gasteiger partial charge in [-0.05, 0) is 12.1 Å². The molecule has 124 valence electrons. The molecule has 1 aliphatic heterocycles. The van der Waals surface area contributed by atoms with Crippen molar-refractivity contribution >= 4 is 10.0 Å². The SMILES string of the molecule is COc1cccc(S(=O)(=O)N2Cc3ncn(C)c3C[C@@H]2CO)c1. The number of ether oxygens (including phenoxy) is 1. The number of aliphatic hydroxyl groups is 1. The smallest absolute Gasteiger partial charge is 0.243 e. The van der Waals surface area contributed by atoms with Gasteiger partial charge in [-0.25, -0.2) is 13.4 Å². The summed E-state index contributed by atoms with van der Waals surface area (Å²) in [6, 6.07) is 5.83. The standard InChI is InChI=1S/C15H19N3O4S/c1-17-10-16-14-8-18(11(9-19)6-15(14)17)23(20,21)13-5-3-4-12(7-13)22-2/h3-5,7,10-11,19H,6,8-9H2,1-2H3/t11-/m1/s1. The lowest BCUT2D eigenvalue weighted by molar-refractivity contribution is 0.170. The Labute approximate surface area is 135 Å². The van der Waals surface area contributed by atoms with Crippen LogP contribution in [0, 0.1) is 0 Å². The highest BCUT2D eigenvalue weighted by molar-refractivity contribution is 7.89. The first-order valence-corrected chi connectivity index (χ1v) is 8.67. The summed E-state index contributed by atoms with van der Waals surface area (Å²) in [7, 11) is -0.388. The molecule has 2 heterocycles. The van der Waals surface area contributed by atoms with E-state index in [4.69, 9.17) is 4.74 Å². The molecule has 1 aromatic heterocycles. The molecule has 0 saturated heterocycles. The van der Waals surface area contributed by atoms with E-state index in [1.165, 1.54) is 23.5 Å². The largest absolute Gasteiger partial charge is 0.497 e. The highest BCUT2D eigenvalue weighted by Gasteiger charge is 2.37. The van der Waals surface area contributed by atoms with E-state index >= 15 is 0 Å². The van der Waals surface area contributed by atoms with Crippen molar-refractivity contribution in [1.29, 1.82) is 0 Å². The molecule has 1 aromatic carbocycles. The average Bonchev–Trinajstić information content (AvgIpc) is 2.94. The Hall–Kier alpha value is -1.90. The molecule has 3 rings (SSSR count). The van der Waals surface area contributed by atoms with Crippen LogP contribution >= 0.6 is 0 Å². The van der Waals surface area contributed by atoms with Gasteiger partial charge >= 0.3 is 0 Å². The maximum atomic E-state index is 13.0. The Morgan fingerprint density at radius 3 is 2.91 bits per heavy atom. The molecule has 0 unspecified atom stereocenters. The molecule has 8 heteroatoms. The van der Waals surface area contributed by atoms with Gasteiger partial charge in [0.15, 0.2) is 0 Å². The molecule has 0 bridgehead atoms. The molecule has 23 heavy (non-hydrogen) atoms. The quantitative estimate of drug-likeness (QED) is 0.880. The number of hydrogen-bond donors (Lipinski definition) is 1. The topological polar surface area (TPSA) is 84.7 Å². The number of benzene rings is 1. The number of fused-ring (bicyclic) bond motifs is 1. The molecule has 0 fully saturated rings. The Morgan fingerprint density at radius 2 is 2.22 bits per heavy atom. The molecular formula is C15H19N3O4S. The third-order valence-electron chi connectivity index (χ3n) is 4.15. The second-order valence-corrected chi connectivity index (χ2v) is 7.41. The zero-order valence-corrected chi connectivity index (χ0v) is 13.8. The van der Waals surface area contributed by atoms with Gasteiger partial charge in [-0.15, -0.1) is 0 Å². The molecule has 0 aliphatic carbocycles. The van der Waals surface area contributed by atoms with Crippen molar-refractivity contribution in [3.05, 3.63) is 42.0 Å². The van der Waals surface area contributed by atoms with Gasteiger partial charge in [0, 0.05) is 25.2 Å². The maximum absolute atomic E-state index is 13.0. The first-order chi connectivity index (χ1) is 11.0. The van der Waals surface area contributed by atoms with Crippen LogP contribution in [0.15, 0.2) is 35.5 Å². The van der Waals surface area contributed by atoms with Gasteiger partial charge < -0.3 is 14.4 Å². The second kappa shape index (κ2) is 5.95. The number of hydrogen-bond acceptors (Lipinski definition) is 5. The average molecular weight is 337 g/mol. The van der Waals surface area contributed by atoms with Crippen LogP contribution in [-0.4, -0.2) is 47.1 Å². The third kappa shape index (κ3) is 2.73. The minimum atomic E-state index is -3.75. The lowest BCUT2D eigenvalue weighted by Crippen LogP contribution is -2.46. The number of aryl methyl sites for hydroxylation is 1. The van der Waals surface area contributed by atoms with Crippen molar-refractivity contribution in [2.24, 2.45) is 7.05 Å². The molecule has 0 radical (unpaired) electrons. The summed E-state index contributed by atoms with van der Waals surface area (Å²) >= 11 is 0. The molecule has 0 spiro atoms. The summed E-state index contributed by atoms with van der Waals surface area (Å²) in [4.78, 5) is 4.41. The van der Waals surface area contributed by atoms with Gasteiger partial charge in [0.1, 0.15) is 5.75 Å². The van der Waals surface area contributed by atoms with E-state index in [2.05, 4.69) is 4.98 Å². The van der Waals surface area contributed by atoms with Gasteiger partial charge in [0.2, 0.25) is 10.0 Å². The van der Waals surface area contributed by atoms with Crippen LogP contribution in [0.1, 0.15) is 11.4 Å². The molecule has 7 nitrogen and oxygen atoms in total. The van der Waals surface area contributed by atoms with E-state index in [-0.39, 0.29) is 18.0 Å². The third-order valence-corrected chi connectivity index (χ3v) is 6.04. The number of imidazole rings is 1. The fraction of sp³-hybridized carbons (Fsp3) is 0.400. The van der Waals surface area contributed by atoms with Crippen molar-refractivity contribution in [3.8, 4) is 5.75 Å². The van der Waals surface area contributed by atoms with Gasteiger partial charge in [-0.1, -0.05) is 6.07 Å². The second-order valence-electron chi connectivity index (χ2n) is 5.52. The molecular weight excluding hydrogens is 318 g/mol. The monoisotopic (exact) mass is 337 g/mol. The predicted molar refractivity (Wildman–Crippen MR) is 83.5 cm³/mol. The van der Waals surface area contributed by atoms with Crippen LogP contribution < -0.4 is 4.74 Å². The summed E-state index contributed by atoms with van der Waals surface area (Å²) in [5.41, 5.74) is 1.69. The maximum Gasteiger partial charge on any atom is 0.243 e. The van der Waals surface area contributed by atoms with E-state index in [0.29, 0.717) is 12.2 Å². The first-order valence-electron chi connectivity index (χ1n) is 7.23. The van der Waals surface area contributed by atoms with E-state index in [0.717, 1.165) is 11.4 Å². The molecule has 0 amide bonds. The summed E-state index contributed by atoms with van der Waals surface area (Å²) in [6.45, 7) is -0.0885. The summed E-state index contributed by atoms with van der Waals surface area (Å²) in [5.74, 6) is 0.474. The highest BCUT2D eigenvalue weighted by atomic mass is 32.2. The van der Waals surface area contributed by atoms with Crippen LogP contribution in [0.4, 0.5) is 0 Å². The van der Waals surface area contributed by atoms with Crippen molar-refractivity contribution < 1.29 is 18.3 Å².